The summed E-state index contributed by atoms with van der Waals surface area (Å²) in [6, 6.07) is 9.06. The fourth-order valence-corrected chi connectivity index (χ4v) is 3.14. The van der Waals surface area contributed by atoms with Crippen molar-refractivity contribution in [3.05, 3.63) is 28.7 Å². The molecular formula is C14H21BrN2. The highest BCUT2D eigenvalue weighted by molar-refractivity contribution is 9.10. The minimum Gasteiger partial charge on any atom is -0.369 e. The van der Waals surface area contributed by atoms with E-state index in [2.05, 4.69) is 71.2 Å². The first kappa shape index (κ1) is 12.9. The molecule has 94 valence electrons. The first-order valence-corrected chi connectivity index (χ1v) is 7.04. The summed E-state index contributed by atoms with van der Waals surface area (Å²) < 4.78 is 1.19. The Kier molecular flexibility index (Phi) is 3.79. The number of rotatable bonds is 1. The lowest BCUT2D eigenvalue weighted by molar-refractivity contribution is 0.368. The maximum atomic E-state index is 3.68. The standard InChI is InChI=1S/C14H21BrN2/c1-11-8-9-17(10-14(2,3)16-11)13-7-5-4-6-12(13)15/h4-7,11,16H,8-10H2,1-3H3. The third-order valence-corrected chi connectivity index (χ3v) is 3.92. The molecule has 1 aromatic rings. The van der Waals surface area contributed by atoms with Gasteiger partial charge in [-0.15, -0.1) is 0 Å². The normalized spacial score (nSPS) is 24.5. The van der Waals surface area contributed by atoms with Crippen LogP contribution in [0.15, 0.2) is 28.7 Å². The topological polar surface area (TPSA) is 15.3 Å². The Balaban J connectivity index is 2.24. The molecule has 0 amide bonds. The Morgan fingerprint density at radius 3 is 2.76 bits per heavy atom. The Hall–Kier alpha value is -0.540. The van der Waals surface area contributed by atoms with Crippen molar-refractivity contribution in [3.8, 4) is 0 Å². The Morgan fingerprint density at radius 2 is 2.06 bits per heavy atom. The maximum absolute atomic E-state index is 3.68. The van der Waals surface area contributed by atoms with Crippen LogP contribution in [0.25, 0.3) is 0 Å². The number of hydrogen-bond donors (Lipinski definition) is 1. The van der Waals surface area contributed by atoms with Crippen LogP contribution < -0.4 is 10.2 Å². The second-order valence-corrected chi connectivity index (χ2v) is 6.45. The van der Waals surface area contributed by atoms with Crippen LogP contribution in [0.1, 0.15) is 27.2 Å². The van der Waals surface area contributed by atoms with Crippen molar-refractivity contribution in [2.45, 2.75) is 38.8 Å². The molecule has 1 unspecified atom stereocenters. The molecule has 0 bridgehead atoms. The molecule has 17 heavy (non-hydrogen) atoms. The van der Waals surface area contributed by atoms with Gasteiger partial charge >= 0.3 is 0 Å². The fraction of sp³-hybridized carbons (Fsp3) is 0.571. The molecular weight excluding hydrogens is 276 g/mol. The number of anilines is 1. The van der Waals surface area contributed by atoms with Crippen LogP contribution in [-0.4, -0.2) is 24.7 Å². The quantitative estimate of drug-likeness (QED) is 0.854. The molecule has 3 heteroatoms. The third kappa shape index (κ3) is 3.23. The Morgan fingerprint density at radius 1 is 1.35 bits per heavy atom. The van der Waals surface area contributed by atoms with Gasteiger partial charge in [0.15, 0.2) is 0 Å². The van der Waals surface area contributed by atoms with E-state index in [9.17, 15) is 0 Å². The van der Waals surface area contributed by atoms with E-state index in [1.807, 2.05) is 0 Å². The largest absolute Gasteiger partial charge is 0.369 e. The molecule has 1 aromatic carbocycles. The van der Waals surface area contributed by atoms with Gasteiger partial charge in [-0.2, -0.15) is 0 Å². The van der Waals surface area contributed by atoms with Gasteiger partial charge in [0.2, 0.25) is 0 Å². The third-order valence-electron chi connectivity index (χ3n) is 3.25. The van der Waals surface area contributed by atoms with Gasteiger partial charge in [-0.05, 0) is 55.3 Å². The zero-order valence-electron chi connectivity index (χ0n) is 10.8. The van der Waals surface area contributed by atoms with Gasteiger partial charge in [0.05, 0.1) is 5.69 Å². The predicted molar refractivity (Wildman–Crippen MR) is 77.6 cm³/mol. The minimum atomic E-state index is 0.158. The maximum Gasteiger partial charge on any atom is 0.0511 e. The van der Waals surface area contributed by atoms with Crippen LogP contribution in [-0.2, 0) is 0 Å². The van der Waals surface area contributed by atoms with E-state index in [0.717, 1.165) is 13.1 Å². The molecule has 1 saturated heterocycles. The number of halogens is 1. The molecule has 0 spiro atoms. The number of hydrogen-bond acceptors (Lipinski definition) is 2. The van der Waals surface area contributed by atoms with Crippen LogP contribution in [0.4, 0.5) is 5.69 Å². The van der Waals surface area contributed by atoms with Gasteiger partial charge in [0.25, 0.3) is 0 Å². The summed E-state index contributed by atoms with van der Waals surface area (Å²) in [5.41, 5.74) is 1.46. The summed E-state index contributed by atoms with van der Waals surface area (Å²) >= 11 is 3.65. The van der Waals surface area contributed by atoms with Gasteiger partial charge in [-0.3, -0.25) is 0 Å². The molecule has 0 radical (unpaired) electrons. The molecule has 1 N–H and O–H groups in total. The molecule has 1 fully saturated rings. The molecule has 0 aromatic heterocycles. The monoisotopic (exact) mass is 296 g/mol. The minimum absolute atomic E-state index is 0.158. The van der Waals surface area contributed by atoms with Gasteiger partial charge in [0.1, 0.15) is 0 Å². The highest BCUT2D eigenvalue weighted by Gasteiger charge is 2.27. The number of nitrogens with zero attached hydrogens (tertiary/aromatic N) is 1. The zero-order valence-corrected chi connectivity index (χ0v) is 12.4. The Bertz CT molecular complexity index is 390. The van der Waals surface area contributed by atoms with Crippen molar-refractivity contribution in [2.24, 2.45) is 0 Å². The van der Waals surface area contributed by atoms with Crippen molar-refractivity contribution >= 4 is 21.6 Å². The van der Waals surface area contributed by atoms with Crippen LogP contribution in [0.5, 0.6) is 0 Å². The highest BCUT2D eigenvalue weighted by atomic mass is 79.9. The lowest BCUT2D eigenvalue weighted by atomic mass is 10.0. The highest BCUT2D eigenvalue weighted by Crippen LogP contribution is 2.28. The smallest absolute Gasteiger partial charge is 0.0511 e. The summed E-state index contributed by atoms with van der Waals surface area (Å²) in [5.74, 6) is 0. The molecule has 1 aliphatic heterocycles. The van der Waals surface area contributed by atoms with E-state index in [1.165, 1.54) is 16.6 Å². The molecule has 2 nitrogen and oxygen atoms in total. The van der Waals surface area contributed by atoms with Gasteiger partial charge < -0.3 is 10.2 Å². The van der Waals surface area contributed by atoms with Crippen LogP contribution >= 0.6 is 15.9 Å². The SMILES string of the molecule is CC1CCN(c2ccccc2Br)CC(C)(C)N1. The van der Waals surface area contributed by atoms with Crippen LogP contribution in [0.3, 0.4) is 0 Å². The molecule has 2 rings (SSSR count). The lowest BCUT2D eigenvalue weighted by Crippen LogP contribution is -2.48. The summed E-state index contributed by atoms with van der Waals surface area (Å²) in [6.07, 6.45) is 1.19. The summed E-state index contributed by atoms with van der Waals surface area (Å²) in [4.78, 5) is 2.47. The van der Waals surface area contributed by atoms with E-state index >= 15 is 0 Å². The van der Waals surface area contributed by atoms with Crippen LogP contribution in [0.2, 0.25) is 0 Å². The first-order valence-electron chi connectivity index (χ1n) is 6.25. The van der Waals surface area contributed by atoms with E-state index in [0.29, 0.717) is 6.04 Å². The zero-order chi connectivity index (χ0) is 12.5. The predicted octanol–water partition coefficient (Wildman–Crippen LogP) is 3.42. The average molecular weight is 297 g/mol. The molecule has 1 atom stereocenters. The van der Waals surface area contributed by atoms with Gasteiger partial charge in [-0.1, -0.05) is 12.1 Å². The van der Waals surface area contributed by atoms with Crippen molar-refractivity contribution in [1.29, 1.82) is 0 Å². The number of nitrogens with one attached hydrogen (secondary N) is 1. The summed E-state index contributed by atoms with van der Waals surface area (Å²) in [6.45, 7) is 8.97. The fourth-order valence-electron chi connectivity index (χ4n) is 2.60. The van der Waals surface area contributed by atoms with E-state index in [1.54, 1.807) is 0 Å². The first-order chi connectivity index (χ1) is 7.98. The van der Waals surface area contributed by atoms with Crippen molar-refractivity contribution in [1.82, 2.24) is 5.32 Å². The average Bonchev–Trinajstić information content (AvgIpc) is 2.37. The number of para-hydroxylation sites is 1. The van der Waals surface area contributed by atoms with Gasteiger partial charge in [0, 0.05) is 29.1 Å². The summed E-state index contributed by atoms with van der Waals surface area (Å²) in [5, 5.41) is 3.68. The lowest BCUT2D eigenvalue weighted by Gasteiger charge is -2.32. The molecule has 1 aliphatic rings. The second kappa shape index (κ2) is 4.99. The van der Waals surface area contributed by atoms with Crippen LogP contribution in [0, 0.1) is 0 Å². The number of benzene rings is 1. The van der Waals surface area contributed by atoms with Gasteiger partial charge in [-0.25, -0.2) is 0 Å². The van der Waals surface area contributed by atoms with E-state index in [-0.39, 0.29) is 5.54 Å². The van der Waals surface area contributed by atoms with Crippen molar-refractivity contribution in [3.63, 3.8) is 0 Å². The summed E-state index contributed by atoms with van der Waals surface area (Å²) in [7, 11) is 0. The molecule has 0 saturated carbocycles. The molecule has 0 aliphatic carbocycles. The second-order valence-electron chi connectivity index (χ2n) is 5.59. The molecule has 1 heterocycles. The van der Waals surface area contributed by atoms with E-state index in [4.69, 9.17) is 0 Å². The van der Waals surface area contributed by atoms with Crippen molar-refractivity contribution in [2.75, 3.05) is 18.0 Å². The Labute approximate surface area is 113 Å². The van der Waals surface area contributed by atoms with E-state index < -0.39 is 0 Å². The van der Waals surface area contributed by atoms with Crippen molar-refractivity contribution < 1.29 is 0 Å².